The molecule has 2 aliphatic rings. The molecule has 6 nitrogen and oxygen atoms in total. The fourth-order valence-corrected chi connectivity index (χ4v) is 4.79. The lowest BCUT2D eigenvalue weighted by Gasteiger charge is -2.43. The maximum atomic E-state index is 14.2. The maximum Gasteiger partial charge on any atom is 0.573 e. The van der Waals surface area contributed by atoms with Crippen LogP contribution in [-0.2, 0) is 6.42 Å². The van der Waals surface area contributed by atoms with E-state index in [4.69, 9.17) is 0 Å². The standard InChI is InChI=1S/C23H18F6N4O2/c24-22(25,26)20-16-10-5-12-3-1-2-4-15(12)19(16)31-18-11-17(32-33(18)20)21(34)30-13-6-8-14(9-7-13)35-23(27,28)29/h1-4,6-9,11,16,19-20,31H,5,10H2,(H,30,34)/t16-,19+,20+/m1/s1. The Hall–Kier alpha value is -3.70. The van der Waals surface area contributed by atoms with E-state index in [1.807, 2.05) is 12.1 Å². The number of hydrogen-bond donors (Lipinski definition) is 2. The summed E-state index contributed by atoms with van der Waals surface area (Å²) in [6.45, 7) is 0. The Kier molecular flexibility index (Phi) is 5.41. The van der Waals surface area contributed by atoms with Crippen molar-refractivity contribution in [1.29, 1.82) is 0 Å². The van der Waals surface area contributed by atoms with Crippen molar-refractivity contribution in [3.63, 3.8) is 0 Å². The smallest absolute Gasteiger partial charge is 0.406 e. The molecular weight excluding hydrogens is 478 g/mol. The second-order valence-electron chi connectivity index (χ2n) is 8.40. The largest absolute Gasteiger partial charge is 0.573 e. The second-order valence-corrected chi connectivity index (χ2v) is 8.40. The molecule has 1 aromatic heterocycles. The van der Waals surface area contributed by atoms with E-state index >= 15 is 0 Å². The van der Waals surface area contributed by atoms with E-state index in [0.717, 1.165) is 27.9 Å². The maximum absolute atomic E-state index is 14.2. The lowest BCUT2D eigenvalue weighted by molar-refractivity contribution is -0.274. The van der Waals surface area contributed by atoms with Crippen LogP contribution in [0.1, 0.15) is 40.1 Å². The number of amides is 1. The van der Waals surface area contributed by atoms with E-state index in [0.29, 0.717) is 12.8 Å². The van der Waals surface area contributed by atoms with Gasteiger partial charge in [0.1, 0.15) is 11.6 Å². The molecule has 2 N–H and O–H groups in total. The molecule has 1 aliphatic heterocycles. The van der Waals surface area contributed by atoms with Gasteiger partial charge in [-0.25, -0.2) is 4.68 Å². The van der Waals surface area contributed by atoms with E-state index in [1.165, 1.54) is 18.2 Å². The zero-order valence-electron chi connectivity index (χ0n) is 17.8. The quantitative estimate of drug-likeness (QED) is 0.446. The van der Waals surface area contributed by atoms with Crippen molar-refractivity contribution < 1.29 is 35.9 Å². The number of carbonyl (C=O) groups excluding carboxylic acids is 1. The van der Waals surface area contributed by atoms with Crippen LogP contribution >= 0.6 is 0 Å². The molecule has 0 saturated heterocycles. The van der Waals surface area contributed by atoms with Gasteiger partial charge in [0.25, 0.3) is 5.91 Å². The van der Waals surface area contributed by atoms with Gasteiger partial charge in [0, 0.05) is 17.7 Å². The minimum Gasteiger partial charge on any atom is -0.406 e. The highest BCUT2D eigenvalue weighted by Gasteiger charge is 2.53. The minimum absolute atomic E-state index is 0.0596. The fraction of sp³-hybridized carbons (Fsp3) is 0.304. The number of nitrogens with zero attached hydrogens (tertiary/aromatic N) is 2. The Bertz CT molecular complexity index is 1250. The topological polar surface area (TPSA) is 68.2 Å². The van der Waals surface area contributed by atoms with Crippen LogP contribution in [-0.4, -0.2) is 28.2 Å². The molecule has 1 amide bonds. The zero-order valence-corrected chi connectivity index (χ0v) is 17.8. The summed E-state index contributed by atoms with van der Waals surface area (Å²) in [6.07, 6.45) is -8.66. The molecular formula is C23H18F6N4O2. The van der Waals surface area contributed by atoms with Gasteiger partial charge in [-0.05, 0) is 48.2 Å². The molecule has 0 spiro atoms. The number of anilines is 2. The van der Waals surface area contributed by atoms with Crippen molar-refractivity contribution in [3.05, 3.63) is 71.4 Å². The van der Waals surface area contributed by atoms with Gasteiger partial charge >= 0.3 is 12.5 Å². The Morgan fingerprint density at radius 1 is 1.06 bits per heavy atom. The van der Waals surface area contributed by atoms with Crippen molar-refractivity contribution in [1.82, 2.24) is 9.78 Å². The van der Waals surface area contributed by atoms with Crippen LogP contribution in [0.25, 0.3) is 0 Å². The highest BCUT2D eigenvalue weighted by molar-refractivity contribution is 6.03. The highest BCUT2D eigenvalue weighted by Crippen LogP contribution is 2.51. The number of aryl methyl sites for hydroxylation is 1. The molecule has 5 rings (SSSR count). The summed E-state index contributed by atoms with van der Waals surface area (Å²) in [4.78, 5) is 12.7. The third-order valence-corrected chi connectivity index (χ3v) is 6.19. The first-order valence-corrected chi connectivity index (χ1v) is 10.7. The number of nitrogens with one attached hydrogen (secondary N) is 2. The minimum atomic E-state index is -4.86. The molecule has 12 heteroatoms. The summed E-state index contributed by atoms with van der Waals surface area (Å²) < 4.78 is 84.1. The lowest BCUT2D eigenvalue weighted by atomic mass is 9.75. The third kappa shape index (κ3) is 4.52. The number of rotatable bonds is 3. The average molecular weight is 496 g/mol. The first-order valence-electron chi connectivity index (χ1n) is 10.7. The average Bonchev–Trinajstić information content (AvgIpc) is 3.20. The SMILES string of the molecule is O=C(Nc1ccc(OC(F)(F)F)cc1)c1cc2n(n1)[C@H](C(F)(F)F)[C@@H]1CCc3ccccc3[C@@H]1N2. The van der Waals surface area contributed by atoms with Crippen LogP contribution in [0.3, 0.4) is 0 Å². The van der Waals surface area contributed by atoms with Crippen LogP contribution in [0, 0.1) is 5.92 Å². The molecule has 0 saturated carbocycles. The highest BCUT2D eigenvalue weighted by atomic mass is 19.4. The molecule has 3 atom stereocenters. The number of fused-ring (bicyclic) bond motifs is 4. The third-order valence-electron chi connectivity index (χ3n) is 6.19. The van der Waals surface area contributed by atoms with Gasteiger partial charge in [-0.1, -0.05) is 24.3 Å². The van der Waals surface area contributed by atoms with E-state index < -0.39 is 42.2 Å². The summed E-state index contributed by atoms with van der Waals surface area (Å²) in [5.74, 6) is -2.03. The molecule has 1 aliphatic carbocycles. The summed E-state index contributed by atoms with van der Waals surface area (Å²) in [7, 11) is 0. The van der Waals surface area contributed by atoms with Gasteiger partial charge in [-0.3, -0.25) is 4.79 Å². The molecule has 35 heavy (non-hydrogen) atoms. The number of aromatic nitrogens is 2. The van der Waals surface area contributed by atoms with Crippen LogP contribution in [0.2, 0.25) is 0 Å². The first kappa shape index (κ1) is 23.1. The van der Waals surface area contributed by atoms with Gasteiger partial charge in [-0.15, -0.1) is 13.2 Å². The fourth-order valence-electron chi connectivity index (χ4n) is 4.79. The van der Waals surface area contributed by atoms with Crippen molar-refractivity contribution in [2.75, 3.05) is 10.6 Å². The molecule has 0 bridgehead atoms. The zero-order chi connectivity index (χ0) is 25.0. The normalized spacial score (nSPS) is 21.3. The van der Waals surface area contributed by atoms with E-state index in [2.05, 4.69) is 20.5 Å². The number of carbonyl (C=O) groups is 1. The monoisotopic (exact) mass is 496 g/mol. The summed E-state index contributed by atoms with van der Waals surface area (Å²) in [6, 6.07) is 10.4. The van der Waals surface area contributed by atoms with Crippen molar-refractivity contribution >= 4 is 17.4 Å². The number of halogens is 6. The summed E-state index contributed by atoms with van der Waals surface area (Å²) in [5, 5.41) is 9.51. The van der Waals surface area contributed by atoms with E-state index in [1.54, 1.807) is 12.1 Å². The van der Waals surface area contributed by atoms with Gasteiger partial charge in [0.2, 0.25) is 0 Å². The molecule has 184 valence electrons. The molecule has 0 unspecified atom stereocenters. The van der Waals surface area contributed by atoms with Crippen LogP contribution in [0.15, 0.2) is 54.6 Å². The lowest BCUT2D eigenvalue weighted by Crippen LogP contribution is -2.45. The van der Waals surface area contributed by atoms with Crippen molar-refractivity contribution in [2.45, 2.75) is 37.5 Å². The van der Waals surface area contributed by atoms with Crippen LogP contribution < -0.4 is 15.4 Å². The number of ether oxygens (including phenoxy) is 1. The Morgan fingerprint density at radius 3 is 2.46 bits per heavy atom. The predicted octanol–water partition coefficient (Wildman–Crippen LogP) is 5.87. The summed E-state index contributed by atoms with van der Waals surface area (Å²) in [5.41, 5.74) is 1.63. The number of hydrogen-bond acceptors (Lipinski definition) is 4. The van der Waals surface area contributed by atoms with E-state index in [9.17, 15) is 31.1 Å². The molecule has 2 heterocycles. The predicted molar refractivity (Wildman–Crippen MR) is 113 cm³/mol. The van der Waals surface area contributed by atoms with Gasteiger partial charge < -0.3 is 15.4 Å². The Morgan fingerprint density at radius 2 is 1.77 bits per heavy atom. The number of benzene rings is 2. The van der Waals surface area contributed by atoms with Gasteiger partial charge in [0.05, 0.1) is 6.04 Å². The Balaban J connectivity index is 1.41. The van der Waals surface area contributed by atoms with Crippen molar-refractivity contribution in [2.24, 2.45) is 5.92 Å². The molecule has 3 aromatic rings. The first-order chi connectivity index (χ1) is 16.5. The van der Waals surface area contributed by atoms with Crippen LogP contribution in [0.5, 0.6) is 5.75 Å². The van der Waals surface area contributed by atoms with Crippen LogP contribution in [0.4, 0.5) is 37.8 Å². The Labute approximate surface area is 194 Å². The summed E-state index contributed by atoms with van der Waals surface area (Å²) >= 11 is 0. The van der Waals surface area contributed by atoms with Crippen molar-refractivity contribution in [3.8, 4) is 5.75 Å². The van der Waals surface area contributed by atoms with Gasteiger partial charge in [0.15, 0.2) is 11.7 Å². The molecule has 2 aromatic carbocycles. The van der Waals surface area contributed by atoms with Gasteiger partial charge in [-0.2, -0.15) is 18.3 Å². The molecule has 0 fully saturated rings. The van der Waals surface area contributed by atoms with E-state index in [-0.39, 0.29) is 17.2 Å². The second kappa shape index (κ2) is 8.21. The number of alkyl halides is 6. The molecule has 0 radical (unpaired) electrons.